The first-order valence-corrected chi connectivity index (χ1v) is 10.0. The van der Waals surface area contributed by atoms with Crippen molar-refractivity contribution in [2.75, 3.05) is 11.1 Å². The first-order valence-electron chi connectivity index (χ1n) is 10.0. The van der Waals surface area contributed by atoms with Gasteiger partial charge in [0, 0.05) is 16.8 Å². The summed E-state index contributed by atoms with van der Waals surface area (Å²) in [5.41, 5.74) is 15.3. The van der Waals surface area contributed by atoms with E-state index in [1.165, 1.54) is 6.92 Å². The Morgan fingerprint density at radius 3 is 2.21 bits per heavy atom. The molecule has 8 heteroatoms. The molecule has 0 fully saturated rings. The van der Waals surface area contributed by atoms with Crippen LogP contribution in [0.3, 0.4) is 0 Å². The molecular formula is C25H27N5O3. The molecule has 3 aromatic carbocycles. The summed E-state index contributed by atoms with van der Waals surface area (Å²) in [7, 11) is 0. The van der Waals surface area contributed by atoms with Gasteiger partial charge in [0.2, 0.25) is 5.91 Å². The minimum Gasteiger partial charge on any atom is -0.505 e. The van der Waals surface area contributed by atoms with Crippen LogP contribution in [0.5, 0.6) is 5.75 Å². The van der Waals surface area contributed by atoms with Crippen molar-refractivity contribution >= 4 is 34.6 Å². The first-order chi connectivity index (χ1) is 15.5. The standard InChI is InChI=1S/C13H12N2O2.C12H15N3O/c14-11-6-2-5-10(12(11)16)8-3-1-4-9(7-8)13(15)17;1-7-4-5-10(6-8(7)2)15-12(16)11(14)9(3)13/h1-7,16H,14H2,(H2,15,17);4-6,13-14H,1-3H3,(H,15,16). The Hall–Kier alpha value is -4.46. The molecule has 0 saturated heterocycles. The third-order valence-electron chi connectivity index (χ3n) is 4.89. The number of aryl methyl sites for hydroxylation is 2. The number of rotatable bonds is 5. The van der Waals surface area contributed by atoms with Crippen molar-refractivity contribution in [3.63, 3.8) is 0 Å². The van der Waals surface area contributed by atoms with Crippen molar-refractivity contribution in [2.45, 2.75) is 20.8 Å². The predicted octanol–water partition coefficient (Wildman–Crippen LogP) is 4.04. The third kappa shape index (κ3) is 6.51. The monoisotopic (exact) mass is 445 g/mol. The largest absolute Gasteiger partial charge is 0.505 e. The molecule has 0 bridgehead atoms. The minimum absolute atomic E-state index is 0.00844. The number of para-hydroxylation sites is 1. The first kappa shape index (κ1) is 24.8. The molecule has 0 heterocycles. The molecule has 0 aliphatic heterocycles. The number of aromatic hydroxyl groups is 1. The van der Waals surface area contributed by atoms with Crippen LogP contribution in [0, 0.1) is 24.7 Å². The lowest BCUT2D eigenvalue weighted by atomic mass is 10.0. The molecule has 0 aromatic heterocycles. The lowest BCUT2D eigenvalue weighted by Gasteiger charge is -2.07. The summed E-state index contributed by atoms with van der Waals surface area (Å²) in [5, 5.41) is 27.0. The second-order valence-electron chi connectivity index (χ2n) is 7.44. The highest BCUT2D eigenvalue weighted by Gasteiger charge is 2.11. The van der Waals surface area contributed by atoms with Crippen LogP contribution in [0.2, 0.25) is 0 Å². The summed E-state index contributed by atoms with van der Waals surface area (Å²) in [6, 6.07) is 17.3. The number of hydrogen-bond donors (Lipinski definition) is 6. The maximum absolute atomic E-state index is 11.5. The summed E-state index contributed by atoms with van der Waals surface area (Å²) in [6.07, 6.45) is 0. The molecule has 3 rings (SSSR count). The van der Waals surface area contributed by atoms with Gasteiger partial charge in [0.1, 0.15) is 11.5 Å². The molecule has 2 amide bonds. The maximum atomic E-state index is 11.5. The van der Waals surface area contributed by atoms with Crippen molar-refractivity contribution in [3.8, 4) is 16.9 Å². The zero-order valence-corrected chi connectivity index (χ0v) is 18.7. The number of hydrogen-bond acceptors (Lipinski definition) is 6. The van der Waals surface area contributed by atoms with Crippen molar-refractivity contribution < 1.29 is 14.7 Å². The Kier molecular flexibility index (Phi) is 8.06. The quantitative estimate of drug-likeness (QED) is 0.198. The molecule has 0 spiro atoms. The van der Waals surface area contributed by atoms with E-state index >= 15 is 0 Å². The molecule has 0 saturated carbocycles. The fraction of sp³-hybridized carbons (Fsp3) is 0.120. The number of phenols is 1. The number of carbonyl (C=O) groups is 2. The molecule has 170 valence electrons. The number of amides is 2. The molecule has 8 N–H and O–H groups in total. The Morgan fingerprint density at radius 2 is 1.61 bits per heavy atom. The highest BCUT2D eigenvalue weighted by atomic mass is 16.3. The van der Waals surface area contributed by atoms with E-state index < -0.39 is 11.8 Å². The van der Waals surface area contributed by atoms with Gasteiger partial charge in [-0.15, -0.1) is 0 Å². The smallest absolute Gasteiger partial charge is 0.275 e. The Bertz CT molecular complexity index is 1230. The molecule has 0 atom stereocenters. The Labute approximate surface area is 192 Å². The van der Waals surface area contributed by atoms with Crippen LogP contribution >= 0.6 is 0 Å². The third-order valence-corrected chi connectivity index (χ3v) is 4.89. The zero-order valence-electron chi connectivity index (χ0n) is 18.7. The summed E-state index contributed by atoms with van der Waals surface area (Å²) >= 11 is 0. The maximum Gasteiger partial charge on any atom is 0.275 e. The number of benzene rings is 3. The normalized spacial score (nSPS) is 9.91. The van der Waals surface area contributed by atoms with E-state index in [0.29, 0.717) is 28.1 Å². The Morgan fingerprint density at radius 1 is 0.939 bits per heavy atom. The minimum atomic E-state index is -0.546. The summed E-state index contributed by atoms with van der Waals surface area (Å²) in [5.74, 6) is -1.04. The lowest BCUT2D eigenvalue weighted by molar-refractivity contribution is -0.110. The zero-order chi connectivity index (χ0) is 24.7. The van der Waals surface area contributed by atoms with Gasteiger partial charge in [-0.1, -0.05) is 30.3 Å². The van der Waals surface area contributed by atoms with Gasteiger partial charge < -0.3 is 27.3 Å². The fourth-order valence-electron chi connectivity index (χ4n) is 2.82. The number of nitrogens with one attached hydrogen (secondary N) is 3. The van der Waals surface area contributed by atoms with Crippen molar-refractivity contribution in [1.29, 1.82) is 10.8 Å². The van der Waals surface area contributed by atoms with E-state index in [2.05, 4.69) is 5.32 Å². The lowest BCUT2D eigenvalue weighted by Crippen LogP contribution is -2.27. The van der Waals surface area contributed by atoms with Gasteiger partial charge in [-0.2, -0.15) is 0 Å². The Balaban J connectivity index is 0.000000234. The fourth-order valence-corrected chi connectivity index (χ4v) is 2.82. The molecular weight excluding hydrogens is 418 g/mol. The van der Waals surface area contributed by atoms with E-state index in [1.807, 2.05) is 26.0 Å². The van der Waals surface area contributed by atoms with Gasteiger partial charge in [-0.25, -0.2) is 0 Å². The van der Waals surface area contributed by atoms with Crippen LogP contribution in [-0.2, 0) is 4.79 Å². The van der Waals surface area contributed by atoms with Gasteiger partial charge in [-0.05, 0) is 67.8 Å². The van der Waals surface area contributed by atoms with Crippen LogP contribution in [0.25, 0.3) is 11.1 Å². The van der Waals surface area contributed by atoms with Crippen LogP contribution in [0.1, 0.15) is 28.4 Å². The second-order valence-corrected chi connectivity index (χ2v) is 7.44. The highest BCUT2D eigenvalue weighted by molar-refractivity contribution is 6.66. The SMILES string of the molecule is CC(=N)C(=N)C(=O)Nc1ccc(C)c(C)c1.NC(=O)c1cccc(-c2cccc(N)c2O)c1. The summed E-state index contributed by atoms with van der Waals surface area (Å²) in [4.78, 5) is 22.5. The van der Waals surface area contributed by atoms with Gasteiger partial charge >= 0.3 is 0 Å². The van der Waals surface area contributed by atoms with E-state index in [1.54, 1.807) is 48.5 Å². The molecule has 0 aliphatic rings. The highest BCUT2D eigenvalue weighted by Crippen LogP contribution is 2.33. The van der Waals surface area contributed by atoms with Gasteiger partial charge in [0.05, 0.1) is 11.4 Å². The average Bonchev–Trinajstić information content (AvgIpc) is 2.78. The topological polar surface area (TPSA) is 166 Å². The summed E-state index contributed by atoms with van der Waals surface area (Å²) in [6.45, 7) is 5.37. The van der Waals surface area contributed by atoms with Crippen LogP contribution in [0.15, 0.2) is 60.7 Å². The summed E-state index contributed by atoms with van der Waals surface area (Å²) < 4.78 is 0. The average molecular weight is 446 g/mol. The van der Waals surface area contributed by atoms with Crippen molar-refractivity contribution in [2.24, 2.45) is 5.73 Å². The predicted molar refractivity (Wildman–Crippen MR) is 132 cm³/mol. The number of carbonyl (C=O) groups excluding carboxylic acids is 2. The van der Waals surface area contributed by atoms with E-state index in [9.17, 15) is 14.7 Å². The molecule has 0 radical (unpaired) electrons. The van der Waals surface area contributed by atoms with Crippen molar-refractivity contribution in [3.05, 3.63) is 77.4 Å². The molecule has 33 heavy (non-hydrogen) atoms. The molecule has 8 nitrogen and oxygen atoms in total. The number of primary amides is 1. The van der Waals surface area contributed by atoms with Crippen LogP contribution in [-0.4, -0.2) is 28.3 Å². The van der Waals surface area contributed by atoms with E-state index in [0.717, 1.165) is 11.1 Å². The number of nitrogens with two attached hydrogens (primary N) is 2. The van der Waals surface area contributed by atoms with Crippen LogP contribution < -0.4 is 16.8 Å². The number of nitrogen functional groups attached to an aromatic ring is 1. The van der Waals surface area contributed by atoms with Crippen molar-refractivity contribution in [1.82, 2.24) is 0 Å². The van der Waals surface area contributed by atoms with Gasteiger partial charge in [-0.3, -0.25) is 15.0 Å². The molecule has 0 unspecified atom stereocenters. The van der Waals surface area contributed by atoms with Gasteiger partial charge in [0.15, 0.2) is 0 Å². The number of phenolic OH excluding ortho intramolecular Hbond substituents is 1. The molecule has 0 aliphatic carbocycles. The van der Waals surface area contributed by atoms with Gasteiger partial charge in [0.25, 0.3) is 5.91 Å². The van der Waals surface area contributed by atoms with Crippen LogP contribution in [0.4, 0.5) is 11.4 Å². The molecule has 3 aromatic rings. The van der Waals surface area contributed by atoms with E-state index in [4.69, 9.17) is 22.3 Å². The number of anilines is 2. The van der Waals surface area contributed by atoms with E-state index in [-0.39, 0.29) is 17.2 Å². The second kappa shape index (κ2) is 10.7.